The van der Waals surface area contributed by atoms with Gasteiger partial charge in [0.2, 0.25) is 5.91 Å². The highest BCUT2D eigenvalue weighted by molar-refractivity contribution is 5.76. The van der Waals surface area contributed by atoms with Gasteiger partial charge in [-0.15, -0.1) is 0 Å². The first kappa shape index (κ1) is 62.2. The summed E-state index contributed by atoms with van der Waals surface area (Å²) >= 11 is 0. The summed E-state index contributed by atoms with van der Waals surface area (Å²) in [6, 6.07) is -0.827. The molecule has 386 valence electrons. The van der Waals surface area contributed by atoms with E-state index in [0.717, 1.165) is 51.4 Å². The van der Waals surface area contributed by atoms with E-state index in [1.807, 2.05) is 6.08 Å². The van der Waals surface area contributed by atoms with Crippen molar-refractivity contribution in [3.63, 3.8) is 0 Å². The molecule has 1 amide bonds. The van der Waals surface area contributed by atoms with Gasteiger partial charge in [-0.2, -0.15) is 0 Å². The van der Waals surface area contributed by atoms with Crippen LogP contribution in [0.15, 0.2) is 48.6 Å². The summed E-state index contributed by atoms with van der Waals surface area (Å²) in [5, 5.41) is 54.3. The number of carbonyl (C=O) groups excluding carboxylic acids is 1. The first-order valence-electron chi connectivity index (χ1n) is 27.9. The monoisotopic (exact) mass is 932 g/mol. The first-order valence-corrected chi connectivity index (χ1v) is 27.9. The molecule has 1 aliphatic rings. The minimum atomic E-state index is -1.57. The fourth-order valence-electron chi connectivity index (χ4n) is 8.65. The Morgan fingerprint density at radius 1 is 0.500 bits per heavy atom. The van der Waals surface area contributed by atoms with E-state index in [9.17, 15) is 30.3 Å². The summed E-state index contributed by atoms with van der Waals surface area (Å²) in [4.78, 5) is 13.0. The number of allylic oxidation sites excluding steroid dienone is 7. The molecule has 0 aromatic rings. The van der Waals surface area contributed by atoms with E-state index in [4.69, 9.17) is 9.47 Å². The van der Waals surface area contributed by atoms with E-state index in [2.05, 4.69) is 55.6 Å². The molecular formula is C57H105NO8. The summed E-state index contributed by atoms with van der Waals surface area (Å²) in [5.41, 5.74) is 0. The summed E-state index contributed by atoms with van der Waals surface area (Å²) in [5.74, 6) is -0.191. The molecule has 66 heavy (non-hydrogen) atoms. The standard InChI is InChI=1S/C57H105NO8/c1-3-5-7-9-11-13-15-17-18-19-20-21-22-23-24-25-26-27-28-29-30-31-32-33-35-37-39-41-43-45-47-53(61)58-50(49-65-57-56(64)55(63)54(62)52(48-59)66-57)51(60)46-44-42-40-38-36-34-16-14-12-10-8-6-4-2/h12,14,23-24,36,38,44,46,50-52,54-57,59-60,62-64H,3-11,13,15-22,25-35,37,39-43,45,47-49H2,1-2H3,(H,58,61)/b14-12+,24-23-,38-36+,46-44+. The molecule has 0 aliphatic carbocycles. The summed E-state index contributed by atoms with van der Waals surface area (Å²) in [6.07, 6.45) is 54.8. The Balaban J connectivity index is 2.16. The van der Waals surface area contributed by atoms with Gasteiger partial charge in [0.05, 0.1) is 25.4 Å². The van der Waals surface area contributed by atoms with Crippen LogP contribution in [-0.4, -0.2) is 87.5 Å². The maximum Gasteiger partial charge on any atom is 0.220 e. The fourth-order valence-corrected chi connectivity index (χ4v) is 8.65. The third-order valence-electron chi connectivity index (χ3n) is 13.1. The molecule has 9 heteroatoms. The maximum absolute atomic E-state index is 13.0. The molecule has 0 bridgehead atoms. The van der Waals surface area contributed by atoms with Crippen LogP contribution in [0.1, 0.15) is 251 Å². The zero-order chi connectivity index (χ0) is 48.0. The molecule has 7 atom stereocenters. The number of aliphatic hydroxyl groups excluding tert-OH is 5. The van der Waals surface area contributed by atoms with E-state index >= 15 is 0 Å². The van der Waals surface area contributed by atoms with Gasteiger partial charge in [-0.1, -0.05) is 223 Å². The van der Waals surface area contributed by atoms with Gasteiger partial charge >= 0.3 is 0 Å². The second-order valence-corrected chi connectivity index (χ2v) is 19.4. The number of rotatable bonds is 47. The van der Waals surface area contributed by atoms with Gasteiger partial charge in [0.25, 0.3) is 0 Å². The Labute approximate surface area is 405 Å². The van der Waals surface area contributed by atoms with Crippen LogP contribution in [-0.2, 0) is 14.3 Å². The van der Waals surface area contributed by atoms with Gasteiger partial charge < -0.3 is 40.3 Å². The van der Waals surface area contributed by atoms with Gasteiger partial charge in [0.15, 0.2) is 6.29 Å². The van der Waals surface area contributed by atoms with Gasteiger partial charge in [0.1, 0.15) is 24.4 Å². The van der Waals surface area contributed by atoms with Crippen LogP contribution >= 0.6 is 0 Å². The predicted octanol–water partition coefficient (Wildman–Crippen LogP) is 13.3. The Morgan fingerprint density at radius 3 is 1.30 bits per heavy atom. The van der Waals surface area contributed by atoms with Crippen LogP contribution < -0.4 is 5.32 Å². The van der Waals surface area contributed by atoms with Crippen LogP contribution in [0.2, 0.25) is 0 Å². The van der Waals surface area contributed by atoms with Crippen LogP contribution in [0.5, 0.6) is 0 Å². The number of nitrogens with one attached hydrogen (secondary N) is 1. The van der Waals surface area contributed by atoms with Crippen molar-refractivity contribution < 1.29 is 39.8 Å². The van der Waals surface area contributed by atoms with Crippen molar-refractivity contribution in [2.75, 3.05) is 13.2 Å². The molecule has 0 aromatic heterocycles. The molecule has 1 fully saturated rings. The van der Waals surface area contributed by atoms with Crippen molar-refractivity contribution in [1.29, 1.82) is 0 Å². The Bertz CT molecular complexity index is 1170. The molecule has 0 aromatic carbocycles. The lowest BCUT2D eigenvalue weighted by atomic mass is 9.99. The third-order valence-corrected chi connectivity index (χ3v) is 13.1. The molecule has 1 heterocycles. The van der Waals surface area contributed by atoms with Crippen LogP contribution in [0.3, 0.4) is 0 Å². The van der Waals surface area contributed by atoms with Crippen molar-refractivity contribution in [3.8, 4) is 0 Å². The molecule has 1 aliphatic heterocycles. The zero-order valence-electron chi connectivity index (χ0n) is 42.7. The van der Waals surface area contributed by atoms with Gasteiger partial charge in [-0.3, -0.25) is 4.79 Å². The fraction of sp³-hybridized carbons (Fsp3) is 0.842. The molecule has 7 unspecified atom stereocenters. The number of aliphatic hydroxyl groups is 5. The maximum atomic E-state index is 13.0. The topological polar surface area (TPSA) is 149 Å². The van der Waals surface area contributed by atoms with E-state index in [0.29, 0.717) is 6.42 Å². The highest BCUT2D eigenvalue weighted by Gasteiger charge is 2.44. The van der Waals surface area contributed by atoms with Gasteiger partial charge in [0, 0.05) is 6.42 Å². The van der Waals surface area contributed by atoms with Crippen LogP contribution in [0.4, 0.5) is 0 Å². The van der Waals surface area contributed by atoms with Gasteiger partial charge in [-0.05, 0) is 70.6 Å². The minimum absolute atomic E-state index is 0.191. The lowest BCUT2D eigenvalue weighted by Gasteiger charge is -2.40. The van der Waals surface area contributed by atoms with Crippen molar-refractivity contribution >= 4 is 5.91 Å². The Morgan fingerprint density at radius 2 is 0.864 bits per heavy atom. The van der Waals surface area contributed by atoms with Crippen molar-refractivity contribution in [2.45, 2.75) is 294 Å². The average Bonchev–Trinajstić information content (AvgIpc) is 3.32. The summed E-state index contributed by atoms with van der Waals surface area (Å²) in [6.45, 7) is 3.73. The molecule has 1 saturated heterocycles. The largest absolute Gasteiger partial charge is 0.394 e. The number of amides is 1. The number of ether oxygens (including phenoxy) is 2. The van der Waals surface area contributed by atoms with Crippen molar-refractivity contribution in [2.24, 2.45) is 0 Å². The second-order valence-electron chi connectivity index (χ2n) is 19.4. The number of hydrogen-bond acceptors (Lipinski definition) is 8. The van der Waals surface area contributed by atoms with E-state index in [1.165, 1.54) is 180 Å². The summed E-state index contributed by atoms with van der Waals surface area (Å²) in [7, 11) is 0. The average molecular weight is 932 g/mol. The lowest BCUT2D eigenvalue weighted by molar-refractivity contribution is -0.302. The smallest absolute Gasteiger partial charge is 0.220 e. The highest BCUT2D eigenvalue weighted by atomic mass is 16.7. The SMILES string of the molecule is CCCCC/C=C/CC/C=C/CC/C=C/C(O)C(COC1OC(CO)C(O)C(O)C1O)NC(=O)CCCCCCCCCCCCCCCC/C=C\CCCCCCCCCCCCCC. The predicted molar refractivity (Wildman–Crippen MR) is 276 cm³/mol. The molecule has 0 saturated carbocycles. The highest BCUT2D eigenvalue weighted by Crippen LogP contribution is 2.23. The molecule has 9 nitrogen and oxygen atoms in total. The quantitative estimate of drug-likeness (QED) is 0.0261. The first-order chi connectivity index (χ1) is 32.3. The molecule has 6 N–H and O–H groups in total. The zero-order valence-corrected chi connectivity index (χ0v) is 42.7. The normalized spacial score (nSPS) is 20.1. The molecule has 0 spiro atoms. The number of hydrogen-bond donors (Lipinski definition) is 6. The second kappa shape index (κ2) is 46.9. The van der Waals surface area contributed by atoms with Crippen LogP contribution in [0.25, 0.3) is 0 Å². The Hall–Kier alpha value is -1.85. The van der Waals surface area contributed by atoms with Crippen LogP contribution in [0, 0.1) is 0 Å². The van der Waals surface area contributed by atoms with Crippen molar-refractivity contribution in [1.82, 2.24) is 5.32 Å². The Kier molecular flexibility index (Phi) is 44.1. The lowest BCUT2D eigenvalue weighted by Crippen LogP contribution is -2.60. The molecule has 1 rings (SSSR count). The summed E-state index contributed by atoms with van der Waals surface area (Å²) < 4.78 is 11.2. The van der Waals surface area contributed by atoms with E-state index in [1.54, 1.807) is 6.08 Å². The molecular weight excluding hydrogens is 827 g/mol. The molecule has 0 radical (unpaired) electrons. The number of unbranched alkanes of at least 4 members (excludes halogenated alkanes) is 31. The van der Waals surface area contributed by atoms with E-state index in [-0.39, 0.29) is 12.5 Å². The minimum Gasteiger partial charge on any atom is -0.394 e. The van der Waals surface area contributed by atoms with Crippen molar-refractivity contribution in [3.05, 3.63) is 48.6 Å². The van der Waals surface area contributed by atoms with E-state index < -0.39 is 49.5 Å². The number of carbonyl (C=O) groups is 1. The van der Waals surface area contributed by atoms with Gasteiger partial charge in [-0.25, -0.2) is 0 Å². The third kappa shape index (κ3) is 36.2.